The first kappa shape index (κ1) is 22.5. The molecule has 0 saturated heterocycles. The summed E-state index contributed by atoms with van der Waals surface area (Å²) in [5, 5.41) is 9.58. The van der Waals surface area contributed by atoms with Gasteiger partial charge in [0.05, 0.1) is 6.54 Å². The van der Waals surface area contributed by atoms with Gasteiger partial charge in [0, 0.05) is 26.2 Å². The van der Waals surface area contributed by atoms with Gasteiger partial charge in [-0.25, -0.2) is 4.79 Å². The Morgan fingerprint density at radius 3 is 2.61 bits per heavy atom. The van der Waals surface area contributed by atoms with Crippen molar-refractivity contribution in [1.82, 2.24) is 10.6 Å². The predicted molar refractivity (Wildman–Crippen MR) is 106 cm³/mol. The molecule has 1 aliphatic heterocycles. The molecule has 0 radical (unpaired) electrons. The summed E-state index contributed by atoms with van der Waals surface area (Å²) in [6.45, 7) is 9.73. The van der Waals surface area contributed by atoms with Crippen LogP contribution in [-0.2, 0) is 19.1 Å². The number of amides is 2. The average Bonchev–Trinajstić information content (AvgIpc) is 3.27. The van der Waals surface area contributed by atoms with Gasteiger partial charge >= 0.3 is 6.09 Å². The Morgan fingerprint density at radius 2 is 1.96 bits per heavy atom. The molecule has 8 nitrogen and oxygen atoms in total. The standard InChI is InChI=1S/C20H35N3O5/c1-5-26-11-10-20(8-6-7-9-20)14-22-17(24)16-12-15(28-23-16)13-21-18(25)27-19(2,3)4/h15H,5-14H2,1-4H3,(H,21,25)(H,22,24)/t15-/m1/s1. The zero-order valence-electron chi connectivity index (χ0n) is 17.6. The highest BCUT2D eigenvalue weighted by atomic mass is 16.6. The third kappa shape index (κ3) is 7.30. The molecule has 160 valence electrons. The van der Waals surface area contributed by atoms with Crippen LogP contribution in [0.25, 0.3) is 0 Å². The lowest BCUT2D eigenvalue weighted by Gasteiger charge is -2.29. The molecule has 1 heterocycles. The van der Waals surface area contributed by atoms with Crippen LogP contribution in [0.5, 0.6) is 0 Å². The predicted octanol–water partition coefficient (Wildman–Crippen LogP) is 2.76. The monoisotopic (exact) mass is 397 g/mol. The first-order valence-electron chi connectivity index (χ1n) is 10.3. The van der Waals surface area contributed by atoms with Crippen molar-refractivity contribution in [3.63, 3.8) is 0 Å². The van der Waals surface area contributed by atoms with E-state index in [2.05, 4.69) is 15.8 Å². The molecule has 1 aliphatic carbocycles. The molecule has 0 bridgehead atoms. The van der Waals surface area contributed by atoms with Gasteiger partial charge < -0.3 is 24.9 Å². The van der Waals surface area contributed by atoms with Gasteiger partial charge in [0.2, 0.25) is 0 Å². The largest absolute Gasteiger partial charge is 0.444 e. The van der Waals surface area contributed by atoms with E-state index in [1.54, 1.807) is 20.8 Å². The summed E-state index contributed by atoms with van der Waals surface area (Å²) in [7, 11) is 0. The van der Waals surface area contributed by atoms with Gasteiger partial charge in [-0.3, -0.25) is 4.79 Å². The van der Waals surface area contributed by atoms with E-state index < -0.39 is 11.7 Å². The summed E-state index contributed by atoms with van der Waals surface area (Å²) < 4.78 is 10.7. The first-order chi connectivity index (χ1) is 13.2. The lowest BCUT2D eigenvalue weighted by atomic mass is 9.83. The summed E-state index contributed by atoms with van der Waals surface area (Å²) >= 11 is 0. The molecule has 1 fully saturated rings. The highest BCUT2D eigenvalue weighted by Crippen LogP contribution is 2.40. The summed E-state index contributed by atoms with van der Waals surface area (Å²) in [6, 6.07) is 0. The van der Waals surface area contributed by atoms with Crippen molar-refractivity contribution < 1.29 is 23.9 Å². The molecule has 0 aromatic heterocycles. The van der Waals surface area contributed by atoms with E-state index in [1.807, 2.05) is 6.92 Å². The number of carbonyl (C=O) groups is 2. The Hall–Kier alpha value is -1.83. The Labute approximate surface area is 167 Å². The lowest BCUT2D eigenvalue weighted by Crippen LogP contribution is -2.40. The molecule has 2 amide bonds. The van der Waals surface area contributed by atoms with E-state index in [9.17, 15) is 9.59 Å². The highest BCUT2D eigenvalue weighted by molar-refractivity contribution is 6.39. The Bertz CT molecular complexity index is 565. The van der Waals surface area contributed by atoms with Gasteiger partial charge in [0.1, 0.15) is 11.3 Å². The molecule has 2 rings (SSSR count). The van der Waals surface area contributed by atoms with Crippen LogP contribution in [0, 0.1) is 5.41 Å². The molecule has 0 spiro atoms. The zero-order chi connectivity index (χ0) is 20.6. The van der Waals surface area contributed by atoms with Gasteiger partial charge in [-0.05, 0) is 52.4 Å². The minimum absolute atomic E-state index is 0.128. The van der Waals surface area contributed by atoms with Crippen LogP contribution in [0.15, 0.2) is 5.16 Å². The second kappa shape index (κ2) is 10.1. The molecule has 8 heteroatoms. The molecule has 0 unspecified atom stereocenters. The second-order valence-corrected chi connectivity index (χ2v) is 8.69. The van der Waals surface area contributed by atoms with Crippen molar-refractivity contribution in [3.05, 3.63) is 0 Å². The molecule has 1 atom stereocenters. The fourth-order valence-corrected chi connectivity index (χ4v) is 3.63. The van der Waals surface area contributed by atoms with Gasteiger partial charge in [-0.15, -0.1) is 0 Å². The summed E-state index contributed by atoms with van der Waals surface area (Å²) in [4.78, 5) is 29.5. The van der Waals surface area contributed by atoms with Crippen molar-refractivity contribution in [2.75, 3.05) is 26.3 Å². The normalized spacial score (nSPS) is 21.0. The number of hydrogen-bond donors (Lipinski definition) is 2. The van der Waals surface area contributed by atoms with Crippen LogP contribution in [0.4, 0.5) is 4.79 Å². The van der Waals surface area contributed by atoms with Gasteiger partial charge in [-0.2, -0.15) is 0 Å². The van der Waals surface area contributed by atoms with E-state index in [4.69, 9.17) is 14.3 Å². The second-order valence-electron chi connectivity index (χ2n) is 8.69. The Morgan fingerprint density at radius 1 is 1.25 bits per heavy atom. The van der Waals surface area contributed by atoms with Crippen LogP contribution < -0.4 is 10.6 Å². The minimum atomic E-state index is -0.555. The molecule has 0 aromatic rings. The number of ether oxygens (including phenoxy) is 2. The van der Waals surface area contributed by atoms with Crippen molar-refractivity contribution in [1.29, 1.82) is 0 Å². The maximum atomic E-state index is 12.5. The van der Waals surface area contributed by atoms with E-state index in [0.29, 0.717) is 18.7 Å². The summed E-state index contributed by atoms with van der Waals surface area (Å²) in [6.07, 6.45) is 5.10. The van der Waals surface area contributed by atoms with E-state index >= 15 is 0 Å². The van der Waals surface area contributed by atoms with Crippen LogP contribution in [0.1, 0.15) is 66.2 Å². The maximum Gasteiger partial charge on any atom is 0.407 e. The third-order valence-electron chi connectivity index (χ3n) is 5.14. The van der Waals surface area contributed by atoms with Crippen molar-refractivity contribution >= 4 is 17.7 Å². The molecule has 28 heavy (non-hydrogen) atoms. The number of alkyl carbamates (subject to hydrolysis) is 1. The Kier molecular flexibility index (Phi) is 8.10. The smallest absolute Gasteiger partial charge is 0.407 e. The van der Waals surface area contributed by atoms with Crippen LogP contribution >= 0.6 is 0 Å². The first-order valence-corrected chi connectivity index (χ1v) is 10.3. The number of oxime groups is 1. The van der Waals surface area contributed by atoms with Crippen LogP contribution in [-0.4, -0.2) is 55.7 Å². The highest BCUT2D eigenvalue weighted by Gasteiger charge is 2.35. The number of nitrogens with one attached hydrogen (secondary N) is 2. The van der Waals surface area contributed by atoms with Gasteiger partial charge in [-0.1, -0.05) is 18.0 Å². The van der Waals surface area contributed by atoms with Crippen LogP contribution in [0.3, 0.4) is 0 Å². The molecular formula is C20H35N3O5. The third-order valence-corrected chi connectivity index (χ3v) is 5.14. The SMILES string of the molecule is CCOCCC1(CNC(=O)C2=NO[C@@H](CNC(=O)OC(C)(C)C)C2)CCCC1. The quantitative estimate of drug-likeness (QED) is 0.583. The minimum Gasteiger partial charge on any atom is -0.444 e. The van der Waals surface area contributed by atoms with Gasteiger partial charge in [0.25, 0.3) is 5.91 Å². The maximum absolute atomic E-state index is 12.5. The zero-order valence-corrected chi connectivity index (χ0v) is 17.6. The number of hydrogen-bond acceptors (Lipinski definition) is 6. The Balaban J connectivity index is 1.72. The average molecular weight is 398 g/mol. The molecule has 0 aromatic carbocycles. The number of nitrogens with zero attached hydrogens (tertiary/aromatic N) is 1. The fraction of sp³-hybridized carbons (Fsp3) is 0.850. The lowest BCUT2D eigenvalue weighted by molar-refractivity contribution is -0.115. The van der Waals surface area contributed by atoms with Crippen molar-refractivity contribution in [3.8, 4) is 0 Å². The van der Waals surface area contributed by atoms with Crippen molar-refractivity contribution in [2.24, 2.45) is 10.6 Å². The van der Waals surface area contributed by atoms with E-state index in [-0.39, 0.29) is 24.0 Å². The molecular weight excluding hydrogens is 362 g/mol. The fourth-order valence-electron chi connectivity index (χ4n) is 3.63. The number of carbonyl (C=O) groups excluding carboxylic acids is 2. The molecule has 1 saturated carbocycles. The topological polar surface area (TPSA) is 98.3 Å². The van der Waals surface area contributed by atoms with E-state index in [0.717, 1.165) is 32.5 Å². The molecule has 2 aliphatic rings. The van der Waals surface area contributed by atoms with Gasteiger partial charge in [0.15, 0.2) is 6.10 Å². The summed E-state index contributed by atoms with van der Waals surface area (Å²) in [5.41, 5.74) is -0.0581. The number of rotatable bonds is 9. The van der Waals surface area contributed by atoms with E-state index in [1.165, 1.54) is 12.8 Å². The van der Waals surface area contributed by atoms with Crippen LogP contribution in [0.2, 0.25) is 0 Å². The van der Waals surface area contributed by atoms with Crippen molar-refractivity contribution in [2.45, 2.75) is 77.9 Å². The summed E-state index contributed by atoms with van der Waals surface area (Å²) in [5.74, 6) is -0.192. The molecule has 2 N–H and O–H groups in total.